The number of aromatic amines is 1. The molecule has 1 saturated heterocycles. The summed E-state index contributed by atoms with van der Waals surface area (Å²) in [6.45, 7) is 0.244. The Hall–Kier alpha value is -1.87. The summed E-state index contributed by atoms with van der Waals surface area (Å²) < 4.78 is 26.0. The molecule has 1 aromatic rings. The van der Waals surface area contributed by atoms with E-state index in [4.69, 9.17) is 5.11 Å². The number of hydrogen-bond acceptors (Lipinski definition) is 4. The zero-order valence-corrected chi connectivity index (χ0v) is 11.6. The molecule has 0 bridgehead atoms. The lowest BCUT2D eigenvalue weighted by atomic mass is 10.2. The maximum atomic E-state index is 12.4. The second-order valence-electron chi connectivity index (χ2n) is 4.44. The molecule has 1 amide bonds. The van der Waals surface area contributed by atoms with E-state index in [-0.39, 0.29) is 23.0 Å². The van der Waals surface area contributed by atoms with Crippen molar-refractivity contribution in [2.24, 2.45) is 0 Å². The highest BCUT2D eigenvalue weighted by Crippen LogP contribution is 2.26. The Morgan fingerprint density at radius 1 is 1.50 bits per heavy atom. The van der Waals surface area contributed by atoms with Crippen LogP contribution in [0.25, 0.3) is 0 Å². The van der Waals surface area contributed by atoms with E-state index in [0.29, 0.717) is 12.8 Å². The minimum atomic E-state index is -3.88. The van der Waals surface area contributed by atoms with Gasteiger partial charge in [-0.05, 0) is 18.9 Å². The molecular weight excluding hydrogens is 286 g/mol. The van der Waals surface area contributed by atoms with Crippen LogP contribution in [0.4, 0.5) is 0 Å². The second-order valence-corrected chi connectivity index (χ2v) is 6.33. The molecule has 2 rings (SSSR count). The van der Waals surface area contributed by atoms with Gasteiger partial charge in [0.05, 0.1) is 0 Å². The Morgan fingerprint density at radius 3 is 2.75 bits per heavy atom. The smallest absolute Gasteiger partial charge is 0.352 e. The number of nitrogens with one attached hydrogen (secondary N) is 2. The van der Waals surface area contributed by atoms with E-state index >= 15 is 0 Å². The summed E-state index contributed by atoms with van der Waals surface area (Å²) in [5.41, 5.74) is -0.209. The highest BCUT2D eigenvalue weighted by atomic mass is 32.2. The fraction of sp³-hybridized carbons (Fsp3) is 0.455. The van der Waals surface area contributed by atoms with Gasteiger partial charge in [-0.1, -0.05) is 0 Å². The lowest BCUT2D eigenvalue weighted by Crippen LogP contribution is -2.44. The van der Waals surface area contributed by atoms with Crippen LogP contribution in [0.1, 0.15) is 23.3 Å². The number of likely N-dealkylation sites (N-methyl/N-ethyl adjacent to an activating group) is 1. The summed E-state index contributed by atoms with van der Waals surface area (Å²) in [4.78, 5) is 24.7. The molecule has 0 saturated carbocycles. The molecule has 0 aliphatic carbocycles. The van der Waals surface area contributed by atoms with Gasteiger partial charge in [0.25, 0.3) is 0 Å². The maximum Gasteiger partial charge on any atom is 0.352 e. The standard InChI is InChI=1S/C11H15N3O5S/c1-12-10(15)9-3-2-4-14(9)20(18,19)7-5-8(11(16)17)13-6-7/h5-6,9,13H,2-4H2,1H3,(H,12,15)(H,16,17). The third kappa shape index (κ3) is 2.41. The number of carboxylic acid groups (broad SMARTS) is 1. The Balaban J connectivity index is 2.33. The molecule has 8 nitrogen and oxygen atoms in total. The van der Waals surface area contributed by atoms with E-state index in [2.05, 4.69) is 10.3 Å². The minimum absolute atomic E-state index is 0.147. The Kier molecular flexibility index (Phi) is 3.82. The van der Waals surface area contributed by atoms with Crippen LogP contribution in [0.5, 0.6) is 0 Å². The van der Waals surface area contributed by atoms with Crippen molar-refractivity contribution in [3.8, 4) is 0 Å². The van der Waals surface area contributed by atoms with Crippen LogP contribution in [0.2, 0.25) is 0 Å². The van der Waals surface area contributed by atoms with Gasteiger partial charge in [0.1, 0.15) is 16.6 Å². The van der Waals surface area contributed by atoms with E-state index in [9.17, 15) is 18.0 Å². The number of sulfonamides is 1. The topological polar surface area (TPSA) is 120 Å². The van der Waals surface area contributed by atoms with Crippen LogP contribution in [0.3, 0.4) is 0 Å². The zero-order chi connectivity index (χ0) is 14.9. The molecule has 0 radical (unpaired) electrons. The van der Waals surface area contributed by atoms with Gasteiger partial charge in [-0.15, -0.1) is 0 Å². The van der Waals surface area contributed by atoms with Crippen molar-refractivity contribution < 1.29 is 23.1 Å². The third-order valence-electron chi connectivity index (χ3n) is 3.25. The van der Waals surface area contributed by atoms with Crippen LogP contribution in [0, 0.1) is 0 Å². The quantitative estimate of drug-likeness (QED) is 0.700. The average molecular weight is 301 g/mol. The van der Waals surface area contributed by atoms with E-state index in [0.717, 1.165) is 16.6 Å². The molecule has 1 aromatic heterocycles. The van der Waals surface area contributed by atoms with Gasteiger partial charge in [-0.2, -0.15) is 4.31 Å². The summed E-state index contributed by atoms with van der Waals surface area (Å²) in [5, 5.41) is 11.2. The third-order valence-corrected chi connectivity index (χ3v) is 5.13. The number of H-pyrrole nitrogens is 1. The molecule has 1 fully saturated rings. The second kappa shape index (κ2) is 5.25. The van der Waals surface area contributed by atoms with Gasteiger partial charge in [-0.25, -0.2) is 13.2 Å². The SMILES string of the molecule is CNC(=O)C1CCCN1S(=O)(=O)c1c[nH]c(C(=O)O)c1. The fourth-order valence-electron chi connectivity index (χ4n) is 2.24. The Morgan fingerprint density at radius 2 is 2.20 bits per heavy atom. The zero-order valence-electron chi connectivity index (χ0n) is 10.8. The van der Waals surface area contributed by atoms with E-state index in [1.807, 2.05) is 0 Å². The van der Waals surface area contributed by atoms with Crippen molar-refractivity contribution >= 4 is 21.9 Å². The van der Waals surface area contributed by atoms with Crippen LogP contribution in [-0.4, -0.2) is 54.3 Å². The lowest BCUT2D eigenvalue weighted by Gasteiger charge is -2.21. The Labute approximate surface area is 115 Å². The highest BCUT2D eigenvalue weighted by molar-refractivity contribution is 7.89. The van der Waals surface area contributed by atoms with Crippen molar-refractivity contribution in [1.82, 2.24) is 14.6 Å². The monoisotopic (exact) mass is 301 g/mol. The average Bonchev–Trinajstić information content (AvgIpc) is 3.06. The molecule has 1 aliphatic rings. The van der Waals surface area contributed by atoms with E-state index in [1.165, 1.54) is 7.05 Å². The van der Waals surface area contributed by atoms with Crippen molar-refractivity contribution in [2.45, 2.75) is 23.8 Å². The van der Waals surface area contributed by atoms with Gasteiger partial charge in [0, 0.05) is 19.8 Å². The van der Waals surface area contributed by atoms with Gasteiger partial charge < -0.3 is 15.4 Å². The van der Waals surface area contributed by atoms with Crippen LogP contribution >= 0.6 is 0 Å². The molecule has 1 aliphatic heterocycles. The maximum absolute atomic E-state index is 12.4. The van der Waals surface area contributed by atoms with Gasteiger partial charge in [0.15, 0.2) is 0 Å². The first-order chi connectivity index (χ1) is 9.37. The first-order valence-electron chi connectivity index (χ1n) is 6.03. The van der Waals surface area contributed by atoms with Gasteiger partial charge in [0.2, 0.25) is 15.9 Å². The number of rotatable bonds is 4. The van der Waals surface area contributed by atoms with Gasteiger partial charge >= 0.3 is 5.97 Å². The van der Waals surface area contributed by atoms with Crippen LogP contribution in [-0.2, 0) is 14.8 Å². The van der Waals surface area contributed by atoms with Crippen LogP contribution < -0.4 is 5.32 Å². The van der Waals surface area contributed by atoms with Crippen molar-refractivity contribution in [2.75, 3.05) is 13.6 Å². The normalized spacial score (nSPS) is 19.9. The van der Waals surface area contributed by atoms with Gasteiger partial charge in [-0.3, -0.25) is 4.79 Å². The summed E-state index contributed by atoms with van der Waals surface area (Å²) in [6, 6.07) is 0.310. The summed E-state index contributed by atoms with van der Waals surface area (Å²) in [7, 11) is -2.43. The first-order valence-corrected chi connectivity index (χ1v) is 7.47. The predicted octanol–water partition coefficient (Wildman–Crippen LogP) is -0.388. The Bertz CT molecular complexity index is 636. The predicted molar refractivity (Wildman–Crippen MR) is 68.7 cm³/mol. The molecule has 1 atom stereocenters. The minimum Gasteiger partial charge on any atom is -0.477 e. The largest absolute Gasteiger partial charge is 0.477 e. The van der Waals surface area contributed by atoms with E-state index < -0.39 is 22.0 Å². The molecule has 110 valence electrons. The van der Waals surface area contributed by atoms with Crippen LogP contribution in [0.15, 0.2) is 17.2 Å². The molecule has 3 N–H and O–H groups in total. The number of hydrogen-bond donors (Lipinski definition) is 3. The molecule has 1 unspecified atom stereocenters. The number of amides is 1. The van der Waals surface area contributed by atoms with Crippen molar-refractivity contribution in [3.05, 3.63) is 18.0 Å². The number of carbonyl (C=O) groups excluding carboxylic acids is 1. The molecule has 0 spiro atoms. The van der Waals surface area contributed by atoms with Crippen molar-refractivity contribution in [1.29, 1.82) is 0 Å². The summed E-state index contributed by atoms with van der Waals surface area (Å²) >= 11 is 0. The molecule has 0 aromatic carbocycles. The molecular formula is C11H15N3O5S. The lowest BCUT2D eigenvalue weighted by molar-refractivity contribution is -0.123. The van der Waals surface area contributed by atoms with Crippen molar-refractivity contribution in [3.63, 3.8) is 0 Å². The molecule has 20 heavy (non-hydrogen) atoms. The number of aromatic nitrogens is 1. The molecule has 2 heterocycles. The summed E-state index contributed by atoms with van der Waals surface area (Å²) in [6.07, 6.45) is 2.17. The first kappa shape index (κ1) is 14.5. The molecule has 9 heteroatoms. The number of carboxylic acids is 1. The highest BCUT2D eigenvalue weighted by Gasteiger charge is 2.39. The number of nitrogens with zero attached hydrogens (tertiary/aromatic N) is 1. The van der Waals surface area contributed by atoms with E-state index in [1.54, 1.807) is 0 Å². The number of carbonyl (C=O) groups is 2. The summed E-state index contributed by atoms with van der Waals surface area (Å²) in [5.74, 6) is -1.60. The fourth-order valence-corrected chi connectivity index (χ4v) is 3.89. The number of aromatic carboxylic acids is 1.